The molecule has 0 aliphatic carbocycles. The average molecular weight is 521 g/mol. The lowest BCUT2D eigenvalue weighted by molar-refractivity contribution is 0.0793. The number of carbonyl (C=O) groups is 2. The Hall–Kier alpha value is -2.70. The summed E-state index contributed by atoms with van der Waals surface area (Å²) in [5.74, 6) is 1.59. The first-order valence-electron chi connectivity index (χ1n) is 14.4. The third-order valence-corrected chi connectivity index (χ3v) is 8.21. The van der Waals surface area contributed by atoms with Crippen LogP contribution in [0.15, 0.2) is 48.5 Å². The van der Waals surface area contributed by atoms with Crippen LogP contribution in [0.4, 0.5) is 0 Å². The third kappa shape index (κ3) is 7.90. The zero-order valence-electron chi connectivity index (χ0n) is 23.2. The summed E-state index contributed by atoms with van der Waals surface area (Å²) in [6.07, 6.45) is 8.72. The normalized spacial score (nSPS) is 18.5. The maximum absolute atomic E-state index is 13.8. The highest BCUT2D eigenvalue weighted by atomic mass is 16.5. The lowest BCUT2D eigenvalue weighted by atomic mass is 9.85. The molecule has 2 aromatic rings. The second kappa shape index (κ2) is 14.5. The van der Waals surface area contributed by atoms with E-state index in [1.807, 2.05) is 48.5 Å². The van der Waals surface area contributed by atoms with Crippen molar-refractivity contribution >= 4 is 11.6 Å². The first-order chi connectivity index (χ1) is 18.6. The van der Waals surface area contributed by atoms with Gasteiger partial charge in [0, 0.05) is 36.1 Å². The number of benzene rings is 2. The monoisotopic (exact) mass is 520 g/mol. The quantitative estimate of drug-likeness (QED) is 0.313. The van der Waals surface area contributed by atoms with Gasteiger partial charge in [-0.25, -0.2) is 0 Å². The van der Waals surface area contributed by atoms with E-state index in [1.165, 1.54) is 38.5 Å². The zero-order chi connectivity index (χ0) is 26.7. The number of ether oxygens (including phenoxy) is 2. The smallest absolute Gasteiger partial charge is 0.167 e. The standard InChI is InChI=1S/C32H44N2O4/c1-37-29-15-11-25(12-16-29)31(35)27(23-33-19-5-3-6-20-33)9-10-28(24-34-21-7-4-8-22-34)32(36)26-13-17-30(38-2)18-14-26/h11-18,27-28H,3-10,19-24H2,1-2H3/t27-,28+. The molecule has 0 aromatic heterocycles. The predicted molar refractivity (Wildman–Crippen MR) is 151 cm³/mol. The van der Waals surface area contributed by atoms with E-state index in [0.717, 1.165) is 61.9 Å². The van der Waals surface area contributed by atoms with Crippen LogP contribution >= 0.6 is 0 Å². The summed E-state index contributed by atoms with van der Waals surface area (Å²) in [4.78, 5) is 32.4. The van der Waals surface area contributed by atoms with Gasteiger partial charge in [0.25, 0.3) is 0 Å². The van der Waals surface area contributed by atoms with Crippen molar-refractivity contribution in [3.8, 4) is 11.5 Å². The lowest BCUT2D eigenvalue weighted by Crippen LogP contribution is -2.39. The molecule has 6 nitrogen and oxygen atoms in total. The summed E-state index contributed by atoms with van der Waals surface area (Å²) in [5.41, 5.74) is 1.45. The molecule has 0 bridgehead atoms. The van der Waals surface area contributed by atoms with Crippen LogP contribution in [0.3, 0.4) is 0 Å². The van der Waals surface area contributed by atoms with Crippen molar-refractivity contribution in [1.29, 1.82) is 0 Å². The highest BCUT2D eigenvalue weighted by molar-refractivity contribution is 5.99. The fourth-order valence-electron chi connectivity index (χ4n) is 5.90. The molecule has 2 heterocycles. The van der Waals surface area contributed by atoms with Crippen molar-refractivity contribution in [2.75, 3.05) is 53.5 Å². The van der Waals surface area contributed by atoms with E-state index in [1.54, 1.807) is 14.2 Å². The van der Waals surface area contributed by atoms with Gasteiger partial charge in [-0.2, -0.15) is 0 Å². The molecule has 0 spiro atoms. The summed E-state index contributed by atoms with van der Waals surface area (Å²) in [7, 11) is 3.27. The van der Waals surface area contributed by atoms with E-state index in [9.17, 15) is 9.59 Å². The van der Waals surface area contributed by atoms with Crippen LogP contribution in [0.1, 0.15) is 72.1 Å². The fraction of sp³-hybridized carbons (Fsp3) is 0.562. The van der Waals surface area contributed by atoms with Crippen molar-refractivity contribution in [1.82, 2.24) is 9.80 Å². The number of carbonyl (C=O) groups excluding carboxylic acids is 2. The summed E-state index contributed by atoms with van der Waals surface area (Å²) in [5, 5.41) is 0. The van der Waals surface area contributed by atoms with Crippen molar-refractivity contribution < 1.29 is 19.1 Å². The Kier molecular flexibility index (Phi) is 10.8. The number of piperidine rings is 2. The van der Waals surface area contributed by atoms with Crippen LogP contribution < -0.4 is 9.47 Å². The molecule has 0 unspecified atom stereocenters. The van der Waals surface area contributed by atoms with Crippen molar-refractivity contribution in [3.63, 3.8) is 0 Å². The summed E-state index contributed by atoms with van der Waals surface area (Å²) < 4.78 is 10.6. The molecular weight excluding hydrogens is 476 g/mol. The molecule has 2 aromatic carbocycles. The molecule has 6 heteroatoms. The van der Waals surface area contributed by atoms with Gasteiger partial charge >= 0.3 is 0 Å². The second-order valence-corrected chi connectivity index (χ2v) is 10.9. The van der Waals surface area contributed by atoms with Gasteiger partial charge in [0.05, 0.1) is 14.2 Å². The molecule has 0 saturated carbocycles. The van der Waals surface area contributed by atoms with Crippen LogP contribution in [0.5, 0.6) is 11.5 Å². The first-order valence-corrected chi connectivity index (χ1v) is 14.4. The van der Waals surface area contributed by atoms with Gasteiger partial charge in [0.2, 0.25) is 0 Å². The number of hydrogen-bond acceptors (Lipinski definition) is 6. The molecule has 38 heavy (non-hydrogen) atoms. The van der Waals surface area contributed by atoms with Crippen LogP contribution in [-0.4, -0.2) is 74.9 Å². The maximum Gasteiger partial charge on any atom is 0.167 e. The lowest BCUT2D eigenvalue weighted by Gasteiger charge is -2.32. The SMILES string of the molecule is COc1ccc(C(=O)[C@H](CC[C@@H](CN2CCCCC2)C(=O)c2ccc(OC)cc2)CN2CCCCC2)cc1. The number of nitrogens with zero attached hydrogens (tertiary/aromatic N) is 2. The van der Waals surface area contributed by atoms with Gasteiger partial charge in [0.15, 0.2) is 11.6 Å². The Balaban J connectivity index is 1.51. The summed E-state index contributed by atoms with van der Waals surface area (Å²) in [6, 6.07) is 14.9. The Morgan fingerprint density at radius 1 is 0.605 bits per heavy atom. The Labute approximate surface area is 228 Å². The van der Waals surface area contributed by atoms with E-state index in [4.69, 9.17) is 9.47 Å². The molecule has 0 N–H and O–H groups in total. The van der Waals surface area contributed by atoms with Crippen molar-refractivity contribution in [2.45, 2.75) is 51.4 Å². The Morgan fingerprint density at radius 3 is 1.26 bits per heavy atom. The van der Waals surface area contributed by atoms with Crippen molar-refractivity contribution in [2.24, 2.45) is 11.8 Å². The van der Waals surface area contributed by atoms with Gasteiger partial charge < -0.3 is 19.3 Å². The molecular formula is C32H44N2O4. The fourth-order valence-corrected chi connectivity index (χ4v) is 5.90. The molecule has 0 radical (unpaired) electrons. The van der Waals surface area contributed by atoms with Gasteiger partial charge in [-0.15, -0.1) is 0 Å². The minimum atomic E-state index is -0.131. The van der Waals surface area contributed by atoms with E-state index in [2.05, 4.69) is 9.80 Å². The summed E-state index contributed by atoms with van der Waals surface area (Å²) >= 11 is 0. The van der Waals surface area contributed by atoms with Gasteiger partial charge in [-0.05, 0) is 113 Å². The van der Waals surface area contributed by atoms with Gasteiger partial charge in [-0.1, -0.05) is 12.8 Å². The average Bonchev–Trinajstić information content (AvgIpc) is 2.99. The first kappa shape index (κ1) is 28.3. The summed E-state index contributed by atoms with van der Waals surface area (Å²) in [6.45, 7) is 5.72. The second-order valence-electron chi connectivity index (χ2n) is 10.9. The molecule has 206 valence electrons. The van der Waals surface area contributed by atoms with E-state index < -0.39 is 0 Å². The number of Topliss-reactive ketones (excluding diaryl/α,β-unsaturated/α-hetero) is 2. The highest BCUT2D eigenvalue weighted by Gasteiger charge is 2.29. The van der Waals surface area contributed by atoms with Gasteiger partial charge in [0.1, 0.15) is 11.5 Å². The molecule has 0 amide bonds. The molecule has 4 rings (SSSR count). The maximum atomic E-state index is 13.8. The van der Waals surface area contributed by atoms with E-state index >= 15 is 0 Å². The molecule has 2 aliphatic heterocycles. The van der Waals surface area contributed by atoms with E-state index in [0.29, 0.717) is 12.8 Å². The molecule has 2 saturated heterocycles. The minimum absolute atomic E-state index is 0.131. The van der Waals surface area contributed by atoms with Crippen LogP contribution in [0.2, 0.25) is 0 Å². The number of rotatable bonds is 13. The number of likely N-dealkylation sites (tertiary alicyclic amines) is 2. The molecule has 2 fully saturated rings. The van der Waals surface area contributed by atoms with Crippen LogP contribution in [0.25, 0.3) is 0 Å². The predicted octanol–water partition coefficient (Wildman–Crippen LogP) is 5.75. The third-order valence-electron chi connectivity index (χ3n) is 8.21. The number of hydrogen-bond donors (Lipinski definition) is 0. The Bertz CT molecular complexity index is 925. The molecule has 2 atom stereocenters. The minimum Gasteiger partial charge on any atom is -0.497 e. The van der Waals surface area contributed by atoms with Gasteiger partial charge in [-0.3, -0.25) is 9.59 Å². The van der Waals surface area contributed by atoms with Crippen molar-refractivity contribution in [3.05, 3.63) is 59.7 Å². The highest BCUT2D eigenvalue weighted by Crippen LogP contribution is 2.26. The van der Waals surface area contributed by atoms with Crippen LogP contribution in [0, 0.1) is 11.8 Å². The molecule has 2 aliphatic rings. The zero-order valence-corrected chi connectivity index (χ0v) is 23.2. The largest absolute Gasteiger partial charge is 0.497 e. The van der Waals surface area contributed by atoms with Crippen LogP contribution in [-0.2, 0) is 0 Å². The van der Waals surface area contributed by atoms with E-state index in [-0.39, 0.29) is 23.4 Å². The Morgan fingerprint density at radius 2 is 0.947 bits per heavy atom. The number of ketones is 2. The number of methoxy groups -OCH3 is 2. The topological polar surface area (TPSA) is 59.1 Å².